The van der Waals surface area contributed by atoms with Gasteiger partial charge in [0.05, 0.1) is 34.9 Å². The molecule has 1 heterocycles. The molecule has 17 heavy (non-hydrogen) atoms. The zero-order valence-electron chi connectivity index (χ0n) is 10.4. The summed E-state index contributed by atoms with van der Waals surface area (Å²) in [6.45, 7) is 4.87. The Hall–Kier alpha value is -0.720. The maximum atomic E-state index is 11.9. The summed E-state index contributed by atoms with van der Waals surface area (Å²) in [7, 11) is 1.53. The maximum Gasteiger partial charge on any atom is 0.157 e. The highest BCUT2D eigenvalue weighted by Gasteiger charge is 2.19. The number of nitrogens with two attached hydrogens (primary N) is 1. The zero-order chi connectivity index (χ0) is 13.0. The average molecular weight is 304 g/mol. The van der Waals surface area contributed by atoms with Crippen LogP contribution in [0.1, 0.15) is 18.3 Å². The van der Waals surface area contributed by atoms with Crippen molar-refractivity contribution in [1.82, 2.24) is 9.78 Å². The van der Waals surface area contributed by atoms with Crippen LogP contribution in [0.4, 0.5) is 0 Å². The number of ether oxygens (including phenoxy) is 1. The third kappa shape index (κ3) is 3.37. The zero-order valence-corrected chi connectivity index (χ0v) is 12.0. The topological polar surface area (TPSA) is 70.1 Å². The van der Waals surface area contributed by atoms with Crippen LogP contribution in [0.2, 0.25) is 0 Å². The van der Waals surface area contributed by atoms with Gasteiger partial charge in [-0.25, -0.2) is 0 Å². The number of halogens is 1. The lowest BCUT2D eigenvalue weighted by atomic mass is 10.1. The summed E-state index contributed by atoms with van der Waals surface area (Å²) in [6.07, 6.45) is 0.278. The number of hydrogen-bond acceptors (Lipinski definition) is 4. The molecule has 0 bridgehead atoms. The number of ketones is 1. The summed E-state index contributed by atoms with van der Waals surface area (Å²) in [5, 5.41) is 4.33. The van der Waals surface area contributed by atoms with Crippen LogP contribution < -0.4 is 5.73 Å². The van der Waals surface area contributed by atoms with Gasteiger partial charge in [-0.2, -0.15) is 5.10 Å². The summed E-state index contributed by atoms with van der Waals surface area (Å²) in [6, 6.07) is -0.576. The first-order valence-electron chi connectivity index (χ1n) is 5.50. The van der Waals surface area contributed by atoms with Crippen LogP contribution in [-0.2, 0) is 22.5 Å². The second kappa shape index (κ2) is 6.28. The highest BCUT2D eigenvalue weighted by atomic mass is 79.9. The molecule has 0 saturated carbocycles. The smallest absolute Gasteiger partial charge is 0.157 e. The van der Waals surface area contributed by atoms with E-state index in [0.717, 1.165) is 22.4 Å². The highest BCUT2D eigenvalue weighted by Crippen LogP contribution is 2.21. The van der Waals surface area contributed by atoms with Gasteiger partial charge in [-0.05, 0) is 29.8 Å². The number of Topliss-reactive ketones (excluding diaryl/α,β-unsaturated/α-hetero) is 1. The van der Waals surface area contributed by atoms with Gasteiger partial charge < -0.3 is 10.5 Å². The fraction of sp³-hybridized carbons (Fsp3) is 0.636. The summed E-state index contributed by atoms with van der Waals surface area (Å²) in [5.74, 6) is -0.0397. The summed E-state index contributed by atoms with van der Waals surface area (Å²) >= 11 is 3.45. The van der Waals surface area contributed by atoms with Crippen molar-refractivity contribution in [3.05, 3.63) is 15.9 Å². The lowest BCUT2D eigenvalue weighted by Gasteiger charge is -2.10. The first kappa shape index (κ1) is 14.3. The van der Waals surface area contributed by atoms with E-state index >= 15 is 0 Å². The molecule has 0 aliphatic rings. The first-order chi connectivity index (χ1) is 8.01. The Morgan fingerprint density at radius 1 is 1.65 bits per heavy atom. The maximum absolute atomic E-state index is 11.9. The van der Waals surface area contributed by atoms with Gasteiger partial charge in [0.25, 0.3) is 0 Å². The van der Waals surface area contributed by atoms with Crippen LogP contribution in [0.3, 0.4) is 0 Å². The molecule has 0 saturated heterocycles. The summed E-state index contributed by atoms with van der Waals surface area (Å²) < 4.78 is 7.58. The van der Waals surface area contributed by atoms with Gasteiger partial charge >= 0.3 is 0 Å². The molecule has 0 aromatic carbocycles. The van der Waals surface area contributed by atoms with Gasteiger partial charge in [-0.1, -0.05) is 0 Å². The average Bonchev–Trinajstić information content (AvgIpc) is 2.57. The number of carbonyl (C=O) groups is 1. The van der Waals surface area contributed by atoms with Crippen LogP contribution in [0.15, 0.2) is 4.47 Å². The van der Waals surface area contributed by atoms with Crippen molar-refractivity contribution in [2.45, 2.75) is 32.9 Å². The molecule has 0 fully saturated rings. The number of aryl methyl sites for hydroxylation is 2. The highest BCUT2D eigenvalue weighted by molar-refractivity contribution is 9.10. The first-order valence-corrected chi connectivity index (χ1v) is 6.29. The summed E-state index contributed by atoms with van der Waals surface area (Å²) in [4.78, 5) is 11.9. The van der Waals surface area contributed by atoms with Crippen molar-refractivity contribution < 1.29 is 9.53 Å². The lowest BCUT2D eigenvalue weighted by Crippen LogP contribution is -2.36. The molecule has 5 nitrogen and oxygen atoms in total. The van der Waals surface area contributed by atoms with E-state index in [1.807, 2.05) is 18.5 Å². The Bertz CT molecular complexity index is 404. The molecule has 0 aliphatic heterocycles. The molecule has 0 radical (unpaired) electrons. The Kier molecular flexibility index (Phi) is 5.30. The van der Waals surface area contributed by atoms with E-state index in [1.54, 1.807) is 0 Å². The SMILES string of the molecule is CCn1nc(C)c(Br)c1CC(=O)C(N)COC. The van der Waals surface area contributed by atoms with E-state index in [-0.39, 0.29) is 18.8 Å². The van der Waals surface area contributed by atoms with Crippen molar-refractivity contribution in [2.24, 2.45) is 5.73 Å². The monoisotopic (exact) mass is 303 g/mol. The second-order valence-corrected chi connectivity index (χ2v) is 4.66. The molecule has 2 N–H and O–H groups in total. The van der Waals surface area contributed by atoms with E-state index in [9.17, 15) is 4.79 Å². The molecule has 1 aromatic heterocycles. The minimum Gasteiger partial charge on any atom is -0.383 e. The van der Waals surface area contributed by atoms with E-state index in [0.29, 0.717) is 0 Å². The van der Waals surface area contributed by atoms with Crippen LogP contribution in [0, 0.1) is 6.92 Å². The van der Waals surface area contributed by atoms with E-state index in [1.165, 1.54) is 7.11 Å². The van der Waals surface area contributed by atoms with E-state index < -0.39 is 6.04 Å². The molecule has 1 aromatic rings. The van der Waals surface area contributed by atoms with Crippen LogP contribution in [-0.4, -0.2) is 35.3 Å². The number of carbonyl (C=O) groups excluding carboxylic acids is 1. The van der Waals surface area contributed by atoms with Gasteiger partial charge in [0.15, 0.2) is 5.78 Å². The molecule has 0 aliphatic carbocycles. The molecule has 1 rings (SSSR count). The van der Waals surface area contributed by atoms with Gasteiger partial charge in [-0.3, -0.25) is 9.48 Å². The minimum absolute atomic E-state index is 0.0397. The number of methoxy groups -OCH3 is 1. The summed E-state index contributed by atoms with van der Waals surface area (Å²) in [5.41, 5.74) is 7.47. The third-order valence-corrected chi connectivity index (χ3v) is 3.59. The van der Waals surface area contributed by atoms with Gasteiger partial charge in [0.2, 0.25) is 0 Å². The fourth-order valence-electron chi connectivity index (χ4n) is 1.61. The number of hydrogen-bond donors (Lipinski definition) is 1. The minimum atomic E-state index is -0.576. The van der Waals surface area contributed by atoms with Crippen LogP contribution in [0.5, 0.6) is 0 Å². The quantitative estimate of drug-likeness (QED) is 0.853. The number of nitrogens with zero attached hydrogens (tertiary/aromatic N) is 2. The predicted molar refractivity (Wildman–Crippen MR) is 68.9 cm³/mol. The number of aromatic nitrogens is 2. The number of rotatable bonds is 6. The van der Waals surface area contributed by atoms with Gasteiger partial charge in [-0.15, -0.1) is 0 Å². The fourth-order valence-corrected chi connectivity index (χ4v) is 2.03. The standard InChI is InChI=1S/C11H18BrN3O2/c1-4-15-9(11(12)7(2)14-15)5-10(16)8(13)6-17-3/h8H,4-6,13H2,1-3H3. The van der Waals surface area contributed by atoms with Gasteiger partial charge in [0, 0.05) is 13.7 Å². The molecule has 1 unspecified atom stereocenters. The predicted octanol–water partition coefficient (Wildman–Crippen LogP) is 1.06. The molecular weight excluding hydrogens is 286 g/mol. The lowest BCUT2D eigenvalue weighted by molar-refractivity contribution is -0.120. The van der Waals surface area contributed by atoms with E-state index in [4.69, 9.17) is 10.5 Å². The second-order valence-electron chi connectivity index (χ2n) is 3.87. The molecule has 1 atom stereocenters. The third-order valence-electron chi connectivity index (χ3n) is 2.55. The van der Waals surface area contributed by atoms with Crippen molar-refractivity contribution in [3.8, 4) is 0 Å². The van der Waals surface area contributed by atoms with Crippen LogP contribution >= 0.6 is 15.9 Å². The van der Waals surface area contributed by atoms with Crippen LogP contribution in [0.25, 0.3) is 0 Å². The molecule has 0 amide bonds. The Balaban J connectivity index is 2.84. The van der Waals surface area contributed by atoms with E-state index in [2.05, 4.69) is 21.0 Å². The molecule has 0 spiro atoms. The van der Waals surface area contributed by atoms with Crippen molar-refractivity contribution in [3.63, 3.8) is 0 Å². The largest absolute Gasteiger partial charge is 0.383 e. The van der Waals surface area contributed by atoms with Crippen molar-refractivity contribution >= 4 is 21.7 Å². The molecular formula is C11H18BrN3O2. The Labute approximate surface area is 109 Å². The van der Waals surface area contributed by atoms with Crippen molar-refractivity contribution in [2.75, 3.05) is 13.7 Å². The Morgan fingerprint density at radius 2 is 2.29 bits per heavy atom. The normalized spacial score (nSPS) is 12.8. The molecule has 96 valence electrons. The van der Waals surface area contributed by atoms with Gasteiger partial charge in [0.1, 0.15) is 0 Å². The molecule has 6 heteroatoms. The van der Waals surface area contributed by atoms with Crippen molar-refractivity contribution in [1.29, 1.82) is 0 Å². The Morgan fingerprint density at radius 3 is 2.82 bits per heavy atom.